The Hall–Kier alpha value is -0.190. The lowest BCUT2D eigenvalue weighted by Gasteiger charge is -2.17. The lowest BCUT2D eigenvalue weighted by molar-refractivity contribution is 0.00446. The second-order valence-electron chi connectivity index (χ2n) is 4.98. The van der Waals surface area contributed by atoms with Crippen molar-refractivity contribution in [1.29, 1.82) is 0 Å². The van der Waals surface area contributed by atoms with Gasteiger partial charge in [0, 0.05) is 23.4 Å². The molecule has 1 aromatic carbocycles. The zero-order chi connectivity index (χ0) is 13.3. The third-order valence-electron chi connectivity index (χ3n) is 3.46. The Morgan fingerprint density at radius 1 is 1.50 bits per heavy atom. The average molecular weight is 339 g/mol. The maximum absolute atomic E-state index is 13.1. The fourth-order valence-corrected chi connectivity index (χ4v) is 3.00. The Labute approximate surface area is 119 Å². The van der Waals surface area contributed by atoms with E-state index in [0.29, 0.717) is 17.9 Å². The molecule has 1 saturated carbocycles. The number of benzene rings is 1. The first-order valence-corrected chi connectivity index (χ1v) is 7.13. The van der Waals surface area contributed by atoms with Crippen LogP contribution in [0.3, 0.4) is 0 Å². The van der Waals surface area contributed by atoms with E-state index in [-0.39, 0.29) is 24.8 Å². The summed E-state index contributed by atoms with van der Waals surface area (Å²) in [4.78, 5) is 0. The number of rotatable bonds is 3. The van der Waals surface area contributed by atoms with Gasteiger partial charge < -0.3 is 5.73 Å². The van der Waals surface area contributed by atoms with Gasteiger partial charge >= 0.3 is 0 Å². The highest BCUT2D eigenvalue weighted by Crippen LogP contribution is 2.42. The highest BCUT2D eigenvalue weighted by molar-refractivity contribution is 9.10. The van der Waals surface area contributed by atoms with Gasteiger partial charge in [-0.25, -0.2) is 8.78 Å². The van der Waals surface area contributed by atoms with Crippen molar-refractivity contribution in [3.05, 3.63) is 33.3 Å². The van der Waals surface area contributed by atoms with E-state index in [2.05, 4.69) is 15.9 Å². The fourth-order valence-electron chi connectivity index (χ4n) is 2.48. The van der Waals surface area contributed by atoms with E-state index in [1.54, 1.807) is 6.07 Å². The third-order valence-corrected chi connectivity index (χ3v) is 4.68. The summed E-state index contributed by atoms with van der Waals surface area (Å²) in [6, 6.07) is 5.27. The largest absolute Gasteiger partial charge is 0.324 e. The van der Waals surface area contributed by atoms with E-state index >= 15 is 0 Å². The topological polar surface area (TPSA) is 26.0 Å². The minimum absolute atomic E-state index is 0.00526. The first-order valence-electron chi connectivity index (χ1n) is 5.96. The van der Waals surface area contributed by atoms with Crippen LogP contribution in [0.15, 0.2) is 22.7 Å². The standard InChI is InChI=1S/C13H15BrClF2N/c14-10-6-9(1-2-11(10)15)12(18)5-8-3-4-13(16,17)7-8/h1-2,6,8,12H,3-5,7,18H2. The van der Waals surface area contributed by atoms with E-state index in [9.17, 15) is 8.78 Å². The maximum Gasteiger partial charge on any atom is 0.248 e. The van der Waals surface area contributed by atoms with Gasteiger partial charge in [-0.2, -0.15) is 0 Å². The SMILES string of the molecule is NC(CC1CCC(F)(F)C1)c1ccc(Cl)c(Br)c1. The molecule has 2 N–H and O–H groups in total. The van der Waals surface area contributed by atoms with Crippen molar-refractivity contribution in [2.75, 3.05) is 0 Å². The van der Waals surface area contributed by atoms with Crippen LogP contribution in [0.5, 0.6) is 0 Å². The van der Waals surface area contributed by atoms with Crippen molar-refractivity contribution in [3.8, 4) is 0 Å². The summed E-state index contributed by atoms with van der Waals surface area (Å²) >= 11 is 9.24. The number of hydrogen-bond donors (Lipinski definition) is 1. The Bertz CT molecular complexity index is 439. The van der Waals surface area contributed by atoms with E-state index < -0.39 is 5.92 Å². The van der Waals surface area contributed by atoms with Gasteiger partial charge in [0.05, 0.1) is 5.02 Å². The quantitative estimate of drug-likeness (QED) is 0.831. The van der Waals surface area contributed by atoms with Gasteiger partial charge in [-0.3, -0.25) is 0 Å². The van der Waals surface area contributed by atoms with Gasteiger partial charge in [-0.1, -0.05) is 17.7 Å². The molecular formula is C13H15BrClF2N. The van der Waals surface area contributed by atoms with Crippen LogP contribution in [0, 0.1) is 5.92 Å². The van der Waals surface area contributed by atoms with Crippen LogP contribution < -0.4 is 5.73 Å². The first-order chi connectivity index (χ1) is 8.37. The number of hydrogen-bond acceptors (Lipinski definition) is 1. The summed E-state index contributed by atoms with van der Waals surface area (Å²) in [5.41, 5.74) is 7.01. The summed E-state index contributed by atoms with van der Waals surface area (Å²) in [6.45, 7) is 0. The Morgan fingerprint density at radius 3 is 2.78 bits per heavy atom. The number of nitrogens with two attached hydrogens (primary N) is 1. The molecule has 0 bridgehead atoms. The van der Waals surface area contributed by atoms with Gasteiger partial charge in [-0.05, 0) is 52.4 Å². The number of halogens is 4. The molecule has 0 radical (unpaired) electrons. The lowest BCUT2D eigenvalue weighted by Crippen LogP contribution is -2.16. The van der Waals surface area contributed by atoms with Crippen molar-refractivity contribution in [3.63, 3.8) is 0 Å². The number of alkyl halides is 2. The summed E-state index contributed by atoms with van der Waals surface area (Å²) in [5.74, 6) is -2.48. The van der Waals surface area contributed by atoms with Crippen molar-refractivity contribution in [1.82, 2.24) is 0 Å². The molecule has 0 aromatic heterocycles. The van der Waals surface area contributed by atoms with E-state index in [1.165, 1.54) is 0 Å². The van der Waals surface area contributed by atoms with Crippen LogP contribution in [0.25, 0.3) is 0 Å². The van der Waals surface area contributed by atoms with Crippen molar-refractivity contribution in [2.24, 2.45) is 11.7 Å². The van der Waals surface area contributed by atoms with E-state index in [1.807, 2.05) is 12.1 Å². The highest BCUT2D eigenvalue weighted by Gasteiger charge is 2.39. The molecule has 100 valence electrons. The molecule has 1 fully saturated rings. The van der Waals surface area contributed by atoms with Gasteiger partial charge in [-0.15, -0.1) is 0 Å². The smallest absolute Gasteiger partial charge is 0.248 e. The Morgan fingerprint density at radius 2 is 2.22 bits per heavy atom. The van der Waals surface area contributed by atoms with E-state index in [4.69, 9.17) is 17.3 Å². The summed E-state index contributed by atoms with van der Waals surface area (Å²) in [5, 5.41) is 0.623. The van der Waals surface area contributed by atoms with Crippen LogP contribution in [-0.4, -0.2) is 5.92 Å². The molecule has 1 aliphatic carbocycles. The predicted molar refractivity (Wildman–Crippen MR) is 73.0 cm³/mol. The van der Waals surface area contributed by atoms with Crippen molar-refractivity contribution >= 4 is 27.5 Å². The molecule has 18 heavy (non-hydrogen) atoms. The minimum atomic E-state index is -2.50. The van der Waals surface area contributed by atoms with Crippen LogP contribution in [0.4, 0.5) is 8.78 Å². The van der Waals surface area contributed by atoms with Gasteiger partial charge in [0.2, 0.25) is 5.92 Å². The van der Waals surface area contributed by atoms with E-state index in [0.717, 1.165) is 10.0 Å². The van der Waals surface area contributed by atoms with Crippen LogP contribution >= 0.6 is 27.5 Å². The average Bonchev–Trinajstić information content (AvgIpc) is 2.62. The Kier molecular flexibility index (Phi) is 4.29. The second kappa shape index (κ2) is 5.43. The summed E-state index contributed by atoms with van der Waals surface area (Å²) < 4.78 is 27.0. The molecule has 0 amide bonds. The molecule has 0 aliphatic heterocycles. The molecule has 2 rings (SSSR count). The van der Waals surface area contributed by atoms with Gasteiger partial charge in [0.1, 0.15) is 0 Å². The molecule has 2 unspecified atom stereocenters. The first kappa shape index (κ1) is 14.2. The molecule has 1 aromatic rings. The molecular weight excluding hydrogens is 324 g/mol. The molecule has 1 nitrogen and oxygen atoms in total. The maximum atomic E-state index is 13.1. The predicted octanol–water partition coefficient (Wildman–Crippen LogP) is 4.93. The summed E-state index contributed by atoms with van der Waals surface area (Å²) in [7, 11) is 0. The highest BCUT2D eigenvalue weighted by atomic mass is 79.9. The summed E-state index contributed by atoms with van der Waals surface area (Å²) in [6.07, 6.45) is 1.13. The normalized spacial score (nSPS) is 24.2. The fraction of sp³-hybridized carbons (Fsp3) is 0.538. The lowest BCUT2D eigenvalue weighted by atomic mass is 9.94. The van der Waals surface area contributed by atoms with Crippen LogP contribution in [-0.2, 0) is 0 Å². The van der Waals surface area contributed by atoms with Crippen molar-refractivity contribution in [2.45, 2.75) is 37.6 Å². The molecule has 0 spiro atoms. The molecule has 0 saturated heterocycles. The Balaban J connectivity index is 1.99. The molecule has 1 aliphatic rings. The minimum Gasteiger partial charge on any atom is -0.324 e. The van der Waals surface area contributed by atoms with Crippen LogP contribution in [0.1, 0.15) is 37.3 Å². The zero-order valence-electron chi connectivity index (χ0n) is 9.80. The second-order valence-corrected chi connectivity index (χ2v) is 6.24. The monoisotopic (exact) mass is 337 g/mol. The molecule has 0 heterocycles. The van der Waals surface area contributed by atoms with Crippen LogP contribution in [0.2, 0.25) is 5.02 Å². The van der Waals surface area contributed by atoms with Gasteiger partial charge in [0.25, 0.3) is 0 Å². The molecule has 2 atom stereocenters. The molecule has 5 heteroatoms. The van der Waals surface area contributed by atoms with Gasteiger partial charge in [0.15, 0.2) is 0 Å². The van der Waals surface area contributed by atoms with Crippen molar-refractivity contribution < 1.29 is 8.78 Å². The zero-order valence-corrected chi connectivity index (χ0v) is 12.1. The third kappa shape index (κ3) is 3.43.